The fraction of sp³-hybridized carbons (Fsp3) is 0. The highest BCUT2D eigenvalue weighted by Gasteiger charge is 1.60. The summed E-state index contributed by atoms with van der Waals surface area (Å²) in [4.78, 5) is 11.9. The summed E-state index contributed by atoms with van der Waals surface area (Å²) in [5.74, 6) is 0. The molecule has 0 aliphatic rings. The van der Waals surface area contributed by atoms with E-state index < -0.39 is 6.03 Å². The first-order valence-electron chi connectivity index (χ1n) is 2.36. The third-order valence-electron chi connectivity index (χ3n) is 0.496. The third kappa shape index (κ3) is 10.8. The van der Waals surface area contributed by atoms with Crippen LogP contribution in [-0.2, 0) is 0 Å². The van der Waals surface area contributed by atoms with Crippen LogP contribution in [0.3, 0.4) is 0 Å². The molecule has 1 aromatic rings. The SMILES string of the molecule is NC(N)=O.c1cc[nH]c1. The van der Waals surface area contributed by atoms with Crippen molar-refractivity contribution in [3.8, 4) is 0 Å². The van der Waals surface area contributed by atoms with Crippen LogP contribution in [0.25, 0.3) is 0 Å². The molecule has 0 saturated heterocycles. The Bertz CT molecular complexity index is 126. The molecule has 5 N–H and O–H groups in total. The van der Waals surface area contributed by atoms with Crippen molar-refractivity contribution in [2.24, 2.45) is 11.5 Å². The van der Waals surface area contributed by atoms with E-state index in [9.17, 15) is 0 Å². The Morgan fingerprint density at radius 1 is 1.22 bits per heavy atom. The van der Waals surface area contributed by atoms with Crippen molar-refractivity contribution in [2.75, 3.05) is 0 Å². The minimum absolute atomic E-state index is 0.833. The van der Waals surface area contributed by atoms with Gasteiger partial charge in [-0.1, -0.05) is 0 Å². The highest BCUT2D eigenvalue weighted by molar-refractivity contribution is 5.69. The minimum atomic E-state index is -0.833. The maximum absolute atomic E-state index is 9.00. The van der Waals surface area contributed by atoms with E-state index in [1.807, 2.05) is 24.5 Å². The molecule has 0 aromatic carbocycles. The van der Waals surface area contributed by atoms with Gasteiger partial charge in [-0.15, -0.1) is 0 Å². The van der Waals surface area contributed by atoms with Crippen LogP contribution in [0.5, 0.6) is 0 Å². The Hall–Kier alpha value is -1.45. The van der Waals surface area contributed by atoms with Crippen molar-refractivity contribution in [1.29, 1.82) is 0 Å². The summed E-state index contributed by atoms with van der Waals surface area (Å²) in [6, 6.07) is 3.06. The number of nitrogens with one attached hydrogen (secondary N) is 1. The van der Waals surface area contributed by atoms with E-state index >= 15 is 0 Å². The van der Waals surface area contributed by atoms with E-state index in [2.05, 4.69) is 16.5 Å². The lowest BCUT2D eigenvalue weighted by molar-refractivity contribution is 0.256. The third-order valence-corrected chi connectivity index (χ3v) is 0.496. The molecule has 0 bridgehead atoms. The van der Waals surface area contributed by atoms with Gasteiger partial charge >= 0.3 is 6.03 Å². The van der Waals surface area contributed by atoms with Gasteiger partial charge in [0, 0.05) is 12.4 Å². The lowest BCUT2D eigenvalue weighted by Gasteiger charge is -1.62. The molecule has 9 heavy (non-hydrogen) atoms. The molecule has 4 heteroatoms. The minimum Gasteiger partial charge on any atom is -0.368 e. The van der Waals surface area contributed by atoms with Crippen LogP contribution >= 0.6 is 0 Å². The fourth-order valence-electron chi connectivity index (χ4n) is 0.278. The molecular formula is C5H9N3O. The highest BCUT2D eigenvalue weighted by atomic mass is 16.2. The number of carbonyl (C=O) groups is 1. The Labute approximate surface area is 52.9 Å². The topological polar surface area (TPSA) is 84.9 Å². The maximum atomic E-state index is 9.00. The van der Waals surface area contributed by atoms with Crippen LogP contribution in [0.15, 0.2) is 24.5 Å². The monoisotopic (exact) mass is 127 g/mol. The Kier molecular flexibility index (Phi) is 3.95. The number of carbonyl (C=O) groups excluding carboxylic acids is 1. The number of aromatic amines is 1. The van der Waals surface area contributed by atoms with E-state index in [4.69, 9.17) is 4.79 Å². The normalized spacial score (nSPS) is 7.11. The average Bonchev–Trinajstić information content (AvgIpc) is 2.11. The number of amides is 2. The second-order valence-corrected chi connectivity index (χ2v) is 1.29. The lowest BCUT2D eigenvalue weighted by Crippen LogP contribution is -2.18. The summed E-state index contributed by atoms with van der Waals surface area (Å²) in [5.41, 5.74) is 8.50. The van der Waals surface area contributed by atoms with Crippen molar-refractivity contribution in [1.82, 2.24) is 4.98 Å². The van der Waals surface area contributed by atoms with Gasteiger partial charge in [0.2, 0.25) is 0 Å². The van der Waals surface area contributed by atoms with E-state index in [0.717, 1.165) is 0 Å². The molecule has 1 rings (SSSR count). The predicted molar refractivity (Wildman–Crippen MR) is 34.6 cm³/mol. The van der Waals surface area contributed by atoms with Gasteiger partial charge in [-0.25, -0.2) is 4.79 Å². The zero-order chi connectivity index (χ0) is 7.11. The molecule has 2 amide bonds. The molecule has 0 saturated carbocycles. The number of rotatable bonds is 0. The molecule has 0 unspecified atom stereocenters. The largest absolute Gasteiger partial charge is 0.368 e. The van der Waals surface area contributed by atoms with Crippen LogP contribution in [0, 0.1) is 0 Å². The summed E-state index contributed by atoms with van der Waals surface area (Å²) >= 11 is 0. The van der Waals surface area contributed by atoms with Crippen molar-refractivity contribution in [3.05, 3.63) is 24.5 Å². The second-order valence-electron chi connectivity index (χ2n) is 1.29. The molecule has 0 radical (unpaired) electrons. The van der Waals surface area contributed by atoms with E-state index in [1.54, 1.807) is 0 Å². The van der Waals surface area contributed by atoms with Crippen LogP contribution < -0.4 is 11.5 Å². The first-order valence-corrected chi connectivity index (χ1v) is 2.36. The second kappa shape index (κ2) is 4.70. The van der Waals surface area contributed by atoms with Gasteiger partial charge in [0.05, 0.1) is 0 Å². The average molecular weight is 127 g/mol. The van der Waals surface area contributed by atoms with E-state index in [0.29, 0.717) is 0 Å². The number of H-pyrrole nitrogens is 1. The number of primary amides is 2. The maximum Gasteiger partial charge on any atom is 0.309 e. The van der Waals surface area contributed by atoms with Crippen LogP contribution in [0.4, 0.5) is 4.79 Å². The van der Waals surface area contributed by atoms with E-state index in [-0.39, 0.29) is 0 Å². The Morgan fingerprint density at radius 2 is 1.56 bits per heavy atom. The zero-order valence-corrected chi connectivity index (χ0v) is 4.87. The summed E-state index contributed by atoms with van der Waals surface area (Å²) in [6.45, 7) is 0. The Morgan fingerprint density at radius 3 is 1.67 bits per heavy atom. The molecule has 50 valence electrons. The fourth-order valence-corrected chi connectivity index (χ4v) is 0.278. The summed E-state index contributed by atoms with van der Waals surface area (Å²) in [5, 5.41) is 0. The van der Waals surface area contributed by atoms with Gasteiger partial charge in [0.15, 0.2) is 0 Å². The van der Waals surface area contributed by atoms with Gasteiger partial charge < -0.3 is 16.5 Å². The molecule has 0 fully saturated rings. The quantitative estimate of drug-likeness (QED) is 0.451. The molecule has 0 atom stereocenters. The van der Waals surface area contributed by atoms with Crippen molar-refractivity contribution in [2.45, 2.75) is 0 Å². The van der Waals surface area contributed by atoms with Crippen LogP contribution in [-0.4, -0.2) is 11.0 Å². The first kappa shape index (κ1) is 7.55. The molecule has 0 aliphatic heterocycles. The number of aromatic nitrogens is 1. The highest BCUT2D eigenvalue weighted by Crippen LogP contribution is 1.72. The van der Waals surface area contributed by atoms with E-state index in [1.165, 1.54) is 0 Å². The standard InChI is InChI=1S/C4H5N.CH4N2O/c1-2-4-5-3-1;2-1(3)4/h1-5H;(H4,2,3,4). The molecular weight excluding hydrogens is 118 g/mol. The molecule has 1 aromatic heterocycles. The van der Waals surface area contributed by atoms with Crippen molar-refractivity contribution in [3.63, 3.8) is 0 Å². The Balaban J connectivity index is 0.000000148. The zero-order valence-electron chi connectivity index (χ0n) is 4.87. The van der Waals surface area contributed by atoms with Gasteiger partial charge in [-0.05, 0) is 12.1 Å². The number of hydrogen-bond donors (Lipinski definition) is 3. The first-order chi connectivity index (χ1) is 4.23. The van der Waals surface area contributed by atoms with Crippen LogP contribution in [0.1, 0.15) is 0 Å². The predicted octanol–water partition coefficient (Wildman–Crippen LogP) is 0.0385. The number of hydrogen-bond acceptors (Lipinski definition) is 1. The van der Waals surface area contributed by atoms with Crippen molar-refractivity contribution >= 4 is 6.03 Å². The lowest BCUT2D eigenvalue weighted by atomic mass is 10.7. The molecule has 0 aliphatic carbocycles. The number of nitrogens with two attached hydrogens (primary N) is 2. The smallest absolute Gasteiger partial charge is 0.309 e. The van der Waals surface area contributed by atoms with Crippen LogP contribution in [0.2, 0.25) is 0 Å². The summed E-state index contributed by atoms with van der Waals surface area (Å²) in [7, 11) is 0. The van der Waals surface area contributed by atoms with Gasteiger partial charge in [-0.3, -0.25) is 0 Å². The summed E-state index contributed by atoms with van der Waals surface area (Å²) in [6.07, 6.45) is 3.75. The van der Waals surface area contributed by atoms with Gasteiger partial charge in [-0.2, -0.15) is 0 Å². The number of urea groups is 1. The molecule has 4 nitrogen and oxygen atoms in total. The summed E-state index contributed by atoms with van der Waals surface area (Å²) < 4.78 is 0. The van der Waals surface area contributed by atoms with Crippen molar-refractivity contribution < 1.29 is 4.79 Å². The molecule has 0 spiro atoms. The van der Waals surface area contributed by atoms with Gasteiger partial charge in [0.25, 0.3) is 0 Å². The molecule has 1 heterocycles. The van der Waals surface area contributed by atoms with Gasteiger partial charge in [0.1, 0.15) is 0 Å².